The molecule has 2 N–H and O–H groups in total. The smallest absolute Gasteiger partial charge is 0.280 e. The van der Waals surface area contributed by atoms with Crippen molar-refractivity contribution < 1.29 is 18.8 Å². The van der Waals surface area contributed by atoms with Crippen LogP contribution in [0.15, 0.2) is 30.5 Å². The third kappa shape index (κ3) is 6.37. The molecule has 1 aliphatic carbocycles. The van der Waals surface area contributed by atoms with Crippen molar-refractivity contribution in [2.45, 2.75) is 44.3 Å². The molecule has 39 heavy (non-hydrogen) atoms. The van der Waals surface area contributed by atoms with Gasteiger partial charge in [-0.3, -0.25) is 19.4 Å². The molecule has 0 saturated heterocycles. The molecule has 208 valence electrons. The SMILES string of the molecule is CN1CCc2nc(C(=O)N[C@H]3C[C@@H](C(=O)N(C)C)CC[C@@H]3NC(=O)c3cc4ccc(F)cc4cn3)sc2C1.Cl. The lowest BCUT2D eigenvalue weighted by Crippen LogP contribution is -2.56. The summed E-state index contributed by atoms with van der Waals surface area (Å²) < 4.78 is 13.5. The lowest BCUT2D eigenvalue weighted by molar-refractivity contribution is -0.134. The molecule has 3 aromatic rings. The van der Waals surface area contributed by atoms with Crippen LogP contribution < -0.4 is 10.6 Å². The van der Waals surface area contributed by atoms with E-state index in [4.69, 9.17) is 0 Å². The fraction of sp³-hybridized carbons (Fsp3) is 0.444. The molecule has 0 unspecified atom stereocenters. The molecular weight excluding hydrogens is 543 g/mol. The summed E-state index contributed by atoms with van der Waals surface area (Å²) in [6.07, 6.45) is 3.81. The van der Waals surface area contributed by atoms with E-state index in [-0.39, 0.29) is 53.6 Å². The number of hydrogen-bond acceptors (Lipinski definition) is 7. The van der Waals surface area contributed by atoms with Crippen molar-refractivity contribution in [2.24, 2.45) is 5.92 Å². The van der Waals surface area contributed by atoms with E-state index in [1.807, 2.05) is 7.05 Å². The van der Waals surface area contributed by atoms with Gasteiger partial charge in [0.25, 0.3) is 11.8 Å². The summed E-state index contributed by atoms with van der Waals surface area (Å²) in [5, 5.41) is 7.80. The Morgan fingerprint density at radius 1 is 1.08 bits per heavy atom. The molecule has 9 nitrogen and oxygen atoms in total. The third-order valence-electron chi connectivity index (χ3n) is 7.31. The van der Waals surface area contributed by atoms with Crippen LogP contribution >= 0.6 is 23.7 Å². The number of benzene rings is 1. The summed E-state index contributed by atoms with van der Waals surface area (Å²) in [6.45, 7) is 1.67. The predicted molar refractivity (Wildman–Crippen MR) is 150 cm³/mol. The largest absolute Gasteiger partial charge is 0.349 e. The predicted octanol–water partition coefficient (Wildman–Crippen LogP) is 3.03. The van der Waals surface area contributed by atoms with Gasteiger partial charge in [-0.1, -0.05) is 6.07 Å². The van der Waals surface area contributed by atoms with Crippen LogP contribution in [0.5, 0.6) is 0 Å². The van der Waals surface area contributed by atoms with Crippen molar-refractivity contribution in [3.05, 3.63) is 57.6 Å². The summed E-state index contributed by atoms with van der Waals surface area (Å²) in [6, 6.07) is 5.10. The highest BCUT2D eigenvalue weighted by atomic mass is 35.5. The number of nitrogens with zero attached hydrogens (tertiary/aromatic N) is 4. The van der Waals surface area contributed by atoms with Crippen molar-refractivity contribution in [2.75, 3.05) is 27.7 Å². The Morgan fingerprint density at radius 2 is 1.85 bits per heavy atom. The zero-order chi connectivity index (χ0) is 27.0. The van der Waals surface area contributed by atoms with Gasteiger partial charge in [-0.25, -0.2) is 9.37 Å². The van der Waals surface area contributed by atoms with Crippen LogP contribution in [0.4, 0.5) is 4.39 Å². The molecule has 0 radical (unpaired) electrons. The van der Waals surface area contributed by atoms with Crippen LogP contribution in [0.3, 0.4) is 0 Å². The highest BCUT2D eigenvalue weighted by Crippen LogP contribution is 2.28. The molecule has 1 aliphatic heterocycles. The molecule has 12 heteroatoms. The van der Waals surface area contributed by atoms with Crippen LogP contribution in [0.25, 0.3) is 10.8 Å². The fourth-order valence-corrected chi connectivity index (χ4v) is 6.31. The van der Waals surface area contributed by atoms with E-state index in [1.54, 1.807) is 31.1 Å². The van der Waals surface area contributed by atoms with Crippen molar-refractivity contribution in [1.82, 2.24) is 30.4 Å². The van der Waals surface area contributed by atoms with Crippen LogP contribution in [0.1, 0.15) is 50.1 Å². The summed E-state index contributed by atoms with van der Waals surface area (Å²) >= 11 is 1.40. The van der Waals surface area contributed by atoms with E-state index >= 15 is 0 Å². The number of hydrogen-bond donors (Lipinski definition) is 2. The van der Waals surface area contributed by atoms with Gasteiger partial charge in [0.1, 0.15) is 11.5 Å². The quantitative estimate of drug-likeness (QED) is 0.485. The Kier molecular flexibility index (Phi) is 8.83. The number of nitrogens with one attached hydrogen (secondary N) is 2. The first-order valence-electron chi connectivity index (χ1n) is 12.7. The maximum absolute atomic E-state index is 13.5. The van der Waals surface area contributed by atoms with Gasteiger partial charge in [-0.2, -0.15) is 0 Å². The molecular formula is C27H32ClFN6O3S. The maximum atomic E-state index is 13.5. The number of likely N-dealkylation sites (N-methyl/N-ethyl adjacent to an activating group) is 1. The minimum absolute atomic E-state index is 0. The van der Waals surface area contributed by atoms with Crippen molar-refractivity contribution >= 4 is 52.2 Å². The number of aromatic nitrogens is 2. The summed E-state index contributed by atoms with van der Waals surface area (Å²) in [4.78, 5) is 52.8. The summed E-state index contributed by atoms with van der Waals surface area (Å²) in [5.74, 6) is -1.29. The minimum atomic E-state index is -0.452. The minimum Gasteiger partial charge on any atom is -0.349 e. The van der Waals surface area contributed by atoms with Gasteiger partial charge in [0.2, 0.25) is 5.91 Å². The molecule has 2 aromatic heterocycles. The summed E-state index contributed by atoms with van der Waals surface area (Å²) in [5.41, 5.74) is 1.17. The molecule has 5 rings (SSSR count). The Hall–Kier alpha value is -3.15. The van der Waals surface area contributed by atoms with Crippen LogP contribution in [-0.4, -0.2) is 77.3 Å². The second-order valence-electron chi connectivity index (χ2n) is 10.3. The van der Waals surface area contributed by atoms with Gasteiger partial charge >= 0.3 is 0 Å². The normalized spacial score (nSPS) is 21.0. The van der Waals surface area contributed by atoms with E-state index in [1.165, 1.54) is 29.7 Å². The average molecular weight is 575 g/mol. The molecule has 1 fully saturated rings. The van der Waals surface area contributed by atoms with Gasteiger partial charge in [-0.15, -0.1) is 23.7 Å². The number of thiazole rings is 1. The second-order valence-corrected chi connectivity index (χ2v) is 11.4. The Morgan fingerprint density at radius 3 is 2.62 bits per heavy atom. The fourth-order valence-electron chi connectivity index (χ4n) is 5.22. The zero-order valence-corrected chi connectivity index (χ0v) is 23.7. The zero-order valence-electron chi connectivity index (χ0n) is 22.1. The number of amides is 3. The van der Waals surface area contributed by atoms with Crippen LogP contribution in [0, 0.1) is 11.7 Å². The molecule has 0 spiro atoms. The number of fused-ring (bicyclic) bond motifs is 2. The van der Waals surface area contributed by atoms with Crippen LogP contribution in [-0.2, 0) is 17.8 Å². The highest BCUT2D eigenvalue weighted by Gasteiger charge is 2.37. The third-order valence-corrected chi connectivity index (χ3v) is 8.39. The first-order valence-corrected chi connectivity index (χ1v) is 13.5. The number of pyridine rings is 1. The van der Waals surface area contributed by atoms with Gasteiger partial charge in [0.05, 0.1) is 11.7 Å². The molecule has 3 atom stereocenters. The Bertz CT molecular complexity index is 1400. The highest BCUT2D eigenvalue weighted by molar-refractivity contribution is 7.13. The van der Waals surface area contributed by atoms with E-state index in [0.717, 1.165) is 30.1 Å². The Labute approximate surface area is 236 Å². The van der Waals surface area contributed by atoms with Gasteiger partial charge in [0.15, 0.2) is 5.01 Å². The molecule has 0 bridgehead atoms. The lowest BCUT2D eigenvalue weighted by Gasteiger charge is -2.37. The van der Waals surface area contributed by atoms with Crippen molar-refractivity contribution in [1.29, 1.82) is 0 Å². The molecule has 1 saturated carbocycles. The number of rotatable bonds is 5. The number of carbonyl (C=O) groups is 3. The molecule has 1 aromatic carbocycles. The molecule has 3 heterocycles. The maximum Gasteiger partial charge on any atom is 0.280 e. The topological polar surface area (TPSA) is 108 Å². The van der Waals surface area contributed by atoms with Gasteiger partial charge < -0.3 is 20.4 Å². The lowest BCUT2D eigenvalue weighted by atomic mass is 9.81. The molecule has 2 aliphatic rings. The first-order chi connectivity index (χ1) is 18.2. The monoisotopic (exact) mass is 574 g/mol. The van der Waals surface area contributed by atoms with E-state index in [2.05, 4.69) is 25.5 Å². The number of carbonyl (C=O) groups excluding carboxylic acids is 3. The molecule has 3 amide bonds. The number of halogens is 2. The first kappa shape index (κ1) is 28.8. The van der Waals surface area contributed by atoms with Gasteiger partial charge in [-0.05, 0) is 49.9 Å². The van der Waals surface area contributed by atoms with E-state index < -0.39 is 6.04 Å². The van der Waals surface area contributed by atoms with Crippen molar-refractivity contribution in [3.63, 3.8) is 0 Å². The Balaban J connectivity index is 0.00000353. The van der Waals surface area contributed by atoms with Crippen LogP contribution in [0.2, 0.25) is 0 Å². The van der Waals surface area contributed by atoms with E-state index in [0.29, 0.717) is 35.0 Å². The van der Waals surface area contributed by atoms with Gasteiger partial charge in [0, 0.05) is 62.0 Å². The van der Waals surface area contributed by atoms with E-state index in [9.17, 15) is 18.8 Å². The second kappa shape index (κ2) is 11.9. The standard InChI is InChI=1S/C27H31FN6O3S.ClH/c1-33(2)27(37)16-5-7-19(30-24(35)22-11-15-4-6-18(28)10-17(15)13-29-22)21(12-16)31-25(36)26-32-20-8-9-34(3)14-23(20)38-26;/h4,6,10-11,13,16,19,21H,5,7-9,12,14H2,1-3H3,(H,30,35)(H,31,36);1H/t16-,19-,21-;/m0./s1. The summed E-state index contributed by atoms with van der Waals surface area (Å²) in [7, 11) is 5.48. The average Bonchev–Trinajstić information content (AvgIpc) is 3.32. The van der Waals surface area contributed by atoms with Crippen molar-refractivity contribution in [3.8, 4) is 0 Å².